The molecular weight excluding hydrogens is 278 g/mol. The zero-order valence-electron chi connectivity index (χ0n) is 11.0. The van der Waals surface area contributed by atoms with Gasteiger partial charge in [-0.2, -0.15) is 5.10 Å². The SMILES string of the molecule is Cn1ncc(C(=O)O)c1-c1cc2cc(Cl)ccc2n1C. The summed E-state index contributed by atoms with van der Waals surface area (Å²) in [6.45, 7) is 0. The lowest BCUT2D eigenvalue weighted by atomic mass is 10.2. The molecule has 0 bridgehead atoms. The fourth-order valence-corrected chi connectivity index (χ4v) is 2.63. The average molecular weight is 290 g/mol. The lowest BCUT2D eigenvalue weighted by molar-refractivity contribution is 0.0697. The van der Waals surface area contributed by atoms with Gasteiger partial charge in [0.15, 0.2) is 0 Å². The molecule has 0 fully saturated rings. The number of carboxylic acid groups (broad SMARTS) is 1. The number of hydrogen-bond acceptors (Lipinski definition) is 2. The van der Waals surface area contributed by atoms with Crippen LogP contribution in [0.1, 0.15) is 10.4 Å². The van der Waals surface area contributed by atoms with E-state index >= 15 is 0 Å². The summed E-state index contributed by atoms with van der Waals surface area (Å²) < 4.78 is 3.51. The molecule has 0 saturated heterocycles. The molecule has 0 radical (unpaired) electrons. The Balaban J connectivity index is 2.33. The highest BCUT2D eigenvalue weighted by Crippen LogP contribution is 2.30. The Labute approximate surface area is 120 Å². The third-order valence-corrected chi connectivity index (χ3v) is 3.65. The van der Waals surface area contributed by atoms with E-state index in [1.54, 1.807) is 11.7 Å². The van der Waals surface area contributed by atoms with Crippen LogP contribution in [0.2, 0.25) is 5.02 Å². The normalized spacial score (nSPS) is 11.2. The maximum Gasteiger partial charge on any atom is 0.339 e. The highest BCUT2D eigenvalue weighted by Gasteiger charge is 2.20. The number of rotatable bonds is 2. The van der Waals surface area contributed by atoms with Crippen LogP contribution in [-0.2, 0) is 14.1 Å². The summed E-state index contributed by atoms with van der Waals surface area (Å²) in [4.78, 5) is 11.3. The Hall–Kier alpha value is -2.27. The fourth-order valence-electron chi connectivity index (χ4n) is 2.45. The number of aromatic carboxylic acids is 1. The summed E-state index contributed by atoms with van der Waals surface area (Å²) >= 11 is 6.00. The van der Waals surface area contributed by atoms with E-state index in [-0.39, 0.29) is 5.56 Å². The zero-order chi connectivity index (χ0) is 14.4. The Bertz CT molecular complexity index is 832. The van der Waals surface area contributed by atoms with Gasteiger partial charge in [-0.15, -0.1) is 0 Å². The van der Waals surface area contributed by atoms with Crippen molar-refractivity contribution in [3.8, 4) is 11.4 Å². The first kappa shape index (κ1) is 12.7. The smallest absolute Gasteiger partial charge is 0.339 e. The second-order valence-corrected chi connectivity index (χ2v) is 5.06. The first-order valence-electron chi connectivity index (χ1n) is 5.99. The van der Waals surface area contributed by atoms with Gasteiger partial charge in [0.2, 0.25) is 0 Å². The third kappa shape index (κ3) is 1.78. The van der Waals surface area contributed by atoms with Crippen molar-refractivity contribution in [3.63, 3.8) is 0 Å². The van der Waals surface area contributed by atoms with Crippen LogP contribution in [0.15, 0.2) is 30.5 Å². The molecule has 0 aliphatic heterocycles. The Morgan fingerprint density at radius 1 is 1.30 bits per heavy atom. The van der Waals surface area contributed by atoms with E-state index in [0.717, 1.165) is 16.6 Å². The molecule has 3 aromatic rings. The van der Waals surface area contributed by atoms with Crippen molar-refractivity contribution in [2.75, 3.05) is 0 Å². The van der Waals surface area contributed by atoms with E-state index < -0.39 is 5.97 Å². The van der Waals surface area contributed by atoms with Crippen LogP contribution in [0.25, 0.3) is 22.3 Å². The molecule has 5 nitrogen and oxygen atoms in total. The summed E-state index contributed by atoms with van der Waals surface area (Å²) in [5.74, 6) is -0.989. The second kappa shape index (κ2) is 4.38. The van der Waals surface area contributed by atoms with E-state index in [0.29, 0.717) is 10.7 Å². The largest absolute Gasteiger partial charge is 0.478 e. The van der Waals surface area contributed by atoms with Crippen LogP contribution in [0, 0.1) is 0 Å². The molecule has 0 aliphatic rings. The van der Waals surface area contributed by atoms with Gasteiger partial charge in [0.1, 0.15) is 5.56 Å². The van der Waals surface area contributed by atoms with Crippen molar-refractivity contribution >= 4 is 28.5 Å². The monoisotopic (exact) mass is 289 g/mol. The fraction of sp³-hybridized carbons (Fsp3) is 0.143. The van der Waals surface area contributed by atoms with Crippen LogP contribution in [0.4, 0.5) is 0 Å². The minimum Gasteiger partial charge on any atom is -0.478 e. The van der Waals surface area contributed by atoms with Crippen molar-refractivity contribution < 1.29 is 9.90 Å². The van der Waals surface area contributed by atoms with Crippen molar-refractivity contribution in [3.05, 3.63) is 41.0 Å². The van der Waals surface area contributed by atoms with Crippen molar-refractivity contribution in [2.24, 2.45) is 14.1 Å². The number of halogens is 1. The molecule has 20 heavy (non-hydrogen) atoms. The van der Waals surface area contributed by atoms with Gasteiger partial charge in [-0.05, 0) is 24.3 Å². The zero-order valence-corrected chi connectivity index (χ0v) is 11.7. The number of benzene rings is 1. The number of aryl methyl sites for hydroxylation is 2. The molecule has 0 saturated carbocycles. The summed E-state index contributed by atoms with van der Waals surface area (Å²) in [7, 11) is 3.62. The summed E-state index contributed by atoms with van der Waals surface area (Å²) in [5.41, 5.74) is 2.54. The molecule has 102 valence electrons. The Morgan fingerprint density at radius 2 is 2.05 bits per heavy atom. The Kier molecular flexibility index (Phi) is 2.79. The van der Waals surface area contributed by atoms with Gasteiger partial charge in [0.05, 0.1) is 17.6 Å². The van der Waals surface area contributed by atoms with E-state index in [2.05, 4.69) is 5.10 Å². The molecule has 0 atom stereocenters. The first-order valence-corrected chi connectivity index (χ1v) is 6.37. The third-order valence-electron chi connectivity index (χ3n) is 3.42. The topological polar surface area (TPSA) is 60.1 Å². The number of carboxylic acids is 1. The van der Waals surface area contributed by atoms with Gasteiger partial charge in [-0.1, -0.05) is 11.6 Å². The van der Waals surface area contributed by atoms with Gasteiger partial charge < -0.3 is 9.67 Å². The molecular formula is C14H12ClN3O2. The van der Waals surface area contributed by atoms with Gasteiger partial charge in [-0.25, -0.2) is 4.79 Å². The number of fused-ring (bicyclic) bond motifs is 1. The average Bonchev–Trinajstić information content (AvgIpc) is 2.90. The number of nitrogens with zero attached hydrogens (tertiary/aromatic N) is 3. The van der Waals surface area contributed by atoms with Crippen LogP contribution in [0.5, 0.6) is 0 Å². The van der Waals surface area contributed by atoms with E-state index in [4.69, 9.17) is 11.6 Å². The minimum absolute atomic E-state index is 0.185. The molecule has 2 heterocycles. The van der Waals surface area contributed by atoms with Crippen molar-refractivity contribution in [2.45, 2.75) is 0 Å². The molecule has 1 N–H and O–H groups in total. The second-order valence-electron chi connectivity index (χ2n) is 4.63. The molecule has 0 unspecified atom stereocenters. The number of carbonyl (C=O) groups is 1. The molecule has 2 aromatic heterocycles. The molecule has 6 heteroatoms. The van der Waals surface area contributed by atoms with Gasteiger partial charge in [0.25, 0.3) is 0 Å². The Morgan fingerprint density at radius 3 is 2.75 bits per heavy atom. The molecule has 3 rings (SSSR count). The van der Waals surface area contributed by atoms with Gasteiger partial charge in [0, 0.05) is 30.0 Å². The summed E-state index contributed by atoms with van der Waals surface area (Å²) in [6.07, 6.45) is 1.36. The first-order chi connectivity index (χ1) is 9.49. The lowest BCUT2D eigenvalue weighted by Gasteiger charge is -2.06. The molecule has 0 spiro atoms. The van der Waals surface area contributed by atoms with Crippen LogP contribution in [-0.4, -0.2) is 25.4 Å². The highest BCUT2D eigenvalue weighted by atomic mass is 35.5. The van der Waals surface area contributed by atoms with Crippen LogP contribution < -0.4 is 0 Å². The molecule has 0 amide bonds. The molecule has 0 aliphatic carbocycles. The standard InChI is InChI=1S/C14H12ClN3O2/c1-17-11-4-3-9(15)5-8(11)6-12(17)13-10(14(19)20)7-16-18(13)2/h3-7H,1-2H3,(H,19,20). The van der Waals surface area contributed by atoms with Gasteiger partial charge >= 0.3 is 5.97 Å². The predicted octanol–water partition coefficient (Wildman–Crippen LogP) is 2.93. The quantitative estimate of drug-likeness (QED) is 0.789. The molecule has 1 aromatic carbocycles. The maximum atomic E-state index is 11.3. The van der Waals surface area contributed by atoms with E-state index in [1.165, 1.54) is 6.20 Å². The summed E-state index contributed by atoms with van der Waals surface area (Å²) in [5, 5.41) is 14.9. The lowest BCUT2D eigenvalue weighted by Crippen LogP contribution is -2.03. The number of aromatic nitrogens is 3. The summed E-state index contributed by atoms with van der Waals surface area (Å²) in [6, 6.07) is 7.51. The number of hydrogen-bond donors (Lipinski definition) is 1. The van der Waals surface area contributed by atoms with E-state index in [1.807, 2.05) is 35.9 Å². The predicted molar refractivity (Wildman–Crippen MR) is 77.1 cm³/mol. The maximum absolute atomic E-state index is 11.3. The van der Waals surface area contributed by atoms with Crippen LogP contribution in [0.3, 0.4) is 0 Å². The van der Waals surface area contributed by atoms with E-state index in [9.17, 15) is 9.90 Å². The minimum atomic E-state index is -0.989. The van der Waals surface area contributed by atoms with Crippen molar-refractivity contribution in [1.29, 1.82) is 0 Å². The highest BCUT2D eigenvalue weighted by molar-refractivity contribution is 6.31. The van der Waals surface area contributed by atoms with Crippen LogP contribution >= 0.6 is 11.6 Å². The van der Waals surface area contributed by atoms with Gasteiger partial charge in [-0.3, -0.25) is 4.68 Å². The van der Waals surface area contributed by atoms with Crippen molar-refractivity contribution in [1.82, 2.24) is 14.3 Å².